The van der Waals surface area contributed by atoms with Crippen LogP contribution in [0.1, 0.15) is 32.3 Å². The average molecular weight is 208 g/mol. The van der Waals surface area contributed by atoms with E-state index >= 15 is 0 Å². The van der Waals surface area contributed by atoms with E-state index < -0.39 is 5.60 Å². The minimum absolute atomic E-state index is 0.594. The first kappa shape index (κ1) is 12.1. The number of rotatable bonds is 5. The second kappa shape index (κ2) is 5.17. The molecule has 2 nitrogen and oxygen atoms in total. The minimum Gasteiger partial charge on any atom is -0.497 e. The molecule has 1 rings (SSSR count). The Morgan fingerprint density at radius 2 is 1.87 bits per heavy atom. The van der Waals surface area contributed by atoms with Crippen LogP contribution in [0.2, 0.25) is 0 Å². The van der Waals surface area contributed by atoms with Crippen LogP contribution in [-0.4, -0.2) is 17.8 Å². The van der Waals surface area contributed by atoms with Crippen molar-refractivity contribution in [3.8, 4) is 5.75 Å². The molecular formula is C13H20O2. The summed E-state index contributed by atoms with van der Waals surface area (Å²) in [4.78, 5) is 0. The van der Waals surface area contributed by atoms with E-state index in [9.17, 15) is 5.11 Å². The summed E-state index contributed by atoms with van der Waals surface area (Å²) in [6.45, 7) is 3.98. The van der Waals surface area contributed by atoms with Gasteiger partial charge in [-0.05, 0) is 31.0 Å². The minimum atomic E-state index is -0.594. The van der Waals surface area contributed by atoms with Crippen LogP contribution < -0.4 is 4.74 Å². The monoisotopic (exact) mass is 208 g/mol. The van der Waals surface area contributed by atoms with E-state index in [4.69, 9.17) is 4.74 Å². The van der Waals surface area contributed by atoms with Gasteiger partial charge in [-0.15, -0.1) is 0 Å². The van der Waals surface area contributed by atoms with Crippen molar-refractivity contribution in [2.45, 2.75) is 38.7 Å². The summed E-state index contributed by atoms with van der Waals surface area (Å²) in [5.41, 5.74) is 0.554. The van der Waals surface area contributed by atoms with Crippen LogP contribution in [0.3, 0.4) is 0 Å². The maximum Gasteiger partial charge on any atom is 0.118 e. The maximum absolute atomic E-state index is 10.1. The summed E-state index contributed by atoms with van der Waals surface area (Å²) >= 11 is 0. The van der Waals surface area contributed by atoms with Crippen molar-refractivity contribution < 1.29 is 9.84 Å². The molecule has 0 aliphatic carbocycles. The predicted molar refractivity (Wildman–Crippen MR) is 62.2 cm³/mol. The standard InChI is InChI=1S/C13H20O2/c1-4-9-13(2,14)10-11-5-7-12(15-3)8-6-11/h5-8,14H,4,9-10H2,1-3H3. The normalized spacial score (nSPS) is 14.7. The molecule has 1 aromatic carbocycles. The molecule has 0 aromatic heterocycles. The highest BCUT2D eigenvalue weighted by molar-refractivity contribution is 5.27. The molecule has 0 aliphatic heterocycles. The van der Waals surface area contributed by atoms with Crippen molar-refractivity contribution in [3.63, 3.8) is 0 Å². The fraction of sp³-hybridized carbons (Fsp3) is 0.538. The molecule has 84 valence electrons. The Labute approximate surface area is 91.9 Å². The first-order valence-electron chi connectivity index (χ1n) is 5.43. The largest absolute Gasteiger partial charge is 0.497 e. The molecule has 1 N–H and O–H groups in total. The molecule has 0 spiro atoms. The second-order valence-corrected chi connectivity index (χ2v) is 4.27. The zero-order chi connectivity index (χ0) is 11.3. The SMILES string of the molecule is CCCC(C)(O)Cc1ccc(OC)cc1. The van der Waals surface area contributed by atoms with Gasteiger partial charge < -0.3 is 9.84 Å². The molecule has 2 heteroatoms. The van der Waals surface area contributed by atoms with Gasteiger partial charge in [0.1, 0.15) is 5.75 Å². The van der Waals surface area contributed by atoms with Gasteiger partial charge in [-0.1, -0.05) is 25.5 Å². The summed E-state index contributed by atoms with van der Waals surface area (Å²) < 4.78 is 5.08. The summed E-state index contributed by atoms with van der Waals surface area (Å²) in [5, 5.41) is 10.1. The Morgan fingerprint density at radius 1 is 1.27 bits per heavy atom. The van der Waals surface area contributed by atoms with E-state index in [0.29, 0.717) is 6.42 Å². The van der Waals surface area contributed by atoms with Crippen LogP contribution >= 0.6 is 0 Å². The number of benzene rings is 1. The molecule has 0 saturated carbocycles. The van der Waals surface area contributed by atoms with Gasteiger partial charge in [0.05, 0.1) is 12.7 Å². The van der Waals surface area contributed by atoms with Crippen LogP contribution in [0, 0.1) is 0 Å². The van der Waals surface area contributed by atoms with Crippen LogP contribution in [0.15, 0.2) is 24.3 Å². The molecule has 0 amide bonds. The van der Waals surface area contributed by atoms with Gasteiger partial charge in [0.25, 0.3) is 0 Å². The van der Waals surface area contributed by atoms with E-state index in [-0.39, 0.29) is 0 Å². The van der Waals surface area contributed by atoms with E-state index in [1.807, 2.05) is 31.2 Å². The molecule has 1 unspecified atom stereocenters. The van der Waals surface area contributed by atoms with Crippen LogP contribution in [-0.2, 0) is 6.42 Å². The zero-order valence-electron chi connectivity index (χ0n) is 9.79. The third-order valence-electron chi connectivity index (χ3n) is 2.53. The number of ether oxygens (including phenoxy) is 1. The highest BCUT2D eigenvalue weighted by Crippen LogP contribution is 2.20. The smallest absolute Gasteiger partial charge is 0.118 e. The van der Waals surface area contributed by atoms with Gasteiger partial charge in [0, 0.05) is 6.42 Å². The van der Waals surface area contributed by atoms with Gasteiger partial charge >= 0.3 is 0 Å². The molecule has 0 aliphatic rings. The molecule has 15 heavy (non-hydrogen) atoms. The van der Waals surface area contributed by atoms with E-state index in [1.165, 1.54) is 0 Å². The van der Waals surface area contributed by atoms with E-state index in [1.54, 1.807) is 7.11 Å². The molecule has 1 aromatic rings. The van der Waals surface area contributed by atoms with Gasteiger partial charge in [0.15, 0.2) is 0 Å². The van der Waals surface area contributed by atoms with Gasteiger partial charge in [-0.25, -0.2) is 0 Å². The number of aliphatic hydroxyl groups is 1. The van der Waals surface area contributed by atoms with E-state index in [2.05, 4.69) is 6.92 Å². The van der Waals surface area contributed by atoms with Crippen molar-refractivity contribution in [3.05, 3.63) is 29.8 Å². The van der Waals surface area contributed by atoms with Gasteiger partial charge in [-0.3, -0.25) is 0 Å². The van der Waals surface area contributed by atoms with Crippen molar-refractivity contribution in [2.24, 2.45) is 0 Å². The Hall–Kier alpha value is -1.02. The lowest BCUT2D eigenvalue weighted by Gasteiger charge is -2.22. The lowest BCUT2D eigenvalue weighted by Crippen LogP contribution is -2.26. The Bertz CT molecular complexity index is 288. The lowest BCUT2D eigenvalue weighted by atomic mass is 9.92. The van der Waals surface area contributed by atoms with Crippen molar-refractivity contribution in [2.75, 3.05) is 7.11 Å². The molecular weight excluding hydrogens is 188 g/mol. The zero-order valence-corrected chi connectivity index (χ0v) is 9.79. The number of methoxy groups -OCH3 is 1. The highest BCUT2D eigenvalue weighted by Gasteiger charge is 2.19. The molecule has 0 bridgehead atoms. The number of hydrogen-bond donors (Lipinski definition) is 1. The Balaban J connectivity index is 2.64. The molecule has 0 saturated heterocycles. The first-order chi connectivity index (χ1) is 7.07. The van der Waals surface area contributed by atoms with Crippen molar-refractivity contribution in [1.29, 1.82) is 0 Å². The molecule has 0 radical (unpaired) electrons. The van der Waals surface area contributed by atoms with E-state index in [0.717, 1.165) is 24.2 Å². The van der Waals surface area contributed by atoms with Crippen molar-refractivity contribution in [1.82, 2.24) is 0 Å². The summed E-state index contributed by atoms with van der Waals surface area (Å²) in [6, 6.07) is 7.86. The van der Waals surface area contributed by atoms with Gasteiger partial charge in [0.2, 0.25) is 0 Å². The van der Waals surface area contributed by atoms with Crippen LogP contribution in [0.4, 0.5) is 0 Å². The highest BCUT2D eigenvalue weighted by atomic mass is 16.5. The first-order valence-corrected chi connectivity index (χ1v) is 5.43. The lowest BCUT2D eigenvalue weighted by molar-refractivity contribution is 0.0505. The Morgan fingerprint density at radius 3 is 2.33 bits per heavy atom. The fourth-order valence-corrected chi connectivity index (χ4v) is 1.81. The second-order valence-electron chi connectivity index (χ2n) is 4.27. The third-order valence-corrected chi connectivity index (χ3v) is 2.53. The third kappa shape index (κ3) is 3.92. The van der Waals surface area contributed by atoms with Crippen LogP contribution in [0.25, 0.3) is 0 Å². The fourth-order valence-electron chi connectivity index (χ4n) is 1.81. The predicted octanol–water partition coefficient (Wildman–Crippen LogP) is 2.79. The summed E-state index contributed by atoms with van der Waals surface area (Å²) in [7, 11) is 1.66. The molecule has 1 atom stereocenters. The quantitative estimate of drug-likeness (QED) is 0.806. The average Bonchev–Trinajstić information content (AvgIpc) is 2.18. The van der Waals surface area contributed by atoms with Crippen molar-refractivity contribution >= 4 is 0 Å². The topological polar surface area (TPSA) is 29.5 Å². The molecule has 0 fully saturated rings. The summed E-state index contributed by atoms with van der Waals surface area (Å²) in [5.74, 6) is 0.855. The Kier molecular flexibility index (Phi) is 4.15. The number of hydrogen-bond acceptors (Lipinski definition) is 2. The maximum atomic E-state index is 10.1. The van der Waals surface area contributed by atoms with Gasteiger partial charge in [-0.2, -0.15) is 0 Å². The molecule has 0 heterocycles. The summed E-state index contributed by atoms with van der Waals surface area (Å²) in [6.07, 6.45) is 2.53. The van der Waals surface area contributed by atoms with Crippen LogP contribution in [0.5, 0.6) is 5.75 Å².